The summed E-state index contributed by atoms with van der Waals surface area (Å²) < 4.78 is 30.1. The van der Waals surface area contributed by atoms with E-state index >= 15 is 0 Å². The monoisotopic (exact) mass is 574 g/mol. The molecule has 3 rings (SSSR count). The zero-order valence-corrected chi connectivity index (χ0v) is 22.8. The number of nitrogens with one attached hydrogen (secondary N) is 4. The van der Waals surface area contributed by atoms with Gasteiger partial charge >= 0.3 is 13.9 Å². The van der Waals surface area contributed by atoms with Gasteiger partial charge in [-0.25, -0.2) is 13.8 Å². The van der Waals surface area contributed by atoms with E-state index in [4.69, 9.17) is 9.79 Å². The van der Waals surface area contributed by atoms with Gasteiger partial charge in [-0.1, -0.05) is 37.5 Å². The maximum absolute atomic E-state index is 14.6. The highest BCUT2D eigenvalue weighted by Crippen LogP contribution is 2.41. The number of para-hydroxylation sites is 1. The van der Waals surface area contributed by atoms with Crippen LogP contribution in [0.2, 0.25) is 0 Å². The van der Waals surface area contributed by atoms with Crippen LogP contribution in [0.1, 0.15) is 63.1 Å². The van der Waals surface area contributed by atoms with Crippen LogP contribution < -0.4 is 25.8 Å². The summed E-state index contributed by atoms with van der Waals surface area (Å²) in [7, 11) is -4.89. The average Bonchev–Trinajstić information content (AvgIpc) is 3.41. The molecule has 4 amide bonds. The summed E-state index contributed by atoms with van der Waals surface area (Å²) in [6.07, 6.45) is 4.15. The van der Waals surface area contributed by atoms with Gasteiger partial charge in [-0.3, -0.25) is 19.4 Å². The first-order chi connectivity index (χ1) is 18.1. The molecule has 11 nitrogen and oxygen atoms in total. The predicted molar refractivity (Wildman–Crippen MR) is 141 cm³/mol. The number of fused-ring (bicyclic) bond motifs is 1. The van der Waals surface area contributed by atoms with Gasteiger partial charge in [-0.2, -0.15) is 11.8 Å². The van der Waals surface area contributed by atoms with E-state index in [2.05, 4.69) is 25.8 Å². The minimum Gasteiger partial charge on any atom is -0.404 e. The molecular formula is C24H36FN4O7PS. The maximum Gasteiger partial charge on any atom is 0.524 e. The van der Waals surface area contributed by atoms with E-state index in [9.17, 15) is 23.3 Å². The molecule has 6 N–H and O–H groups in total. The van der Waals surface area contributed by atoms with Crippen molar-refractivity contribution >= 4 is 37.4 Å². The van der Waals surface area contributed by atoms with Crippen molar-refractivity contribution in [3.8, 4) is 5.75 Å². The third-order valence-corrected chi connectivity index (χ3v) is 8.39. The Balaban J connectivity index is 1.18. The van der Waals surface area contributed by atoms with Gasteiger partial charge in [0, 0.05) is 36.1 Å². The Kier molecular flexibility index (Phi) is 11.7. The lowest BCUT2D eigenvalue weighted by atomic mass is 10.0. The van der Waals surface area contributed by atoms with Gasteiger partial charge < -0.3 is 25.8 Å². The first-order valence-corrected chi connectivity index (χ1v) is 15.4. The van der Waals surface area contributed by atoms with Crippen LogP contribution in [0.15, 0.2) is 24.3 Å². The van der Waals surface area contributed by atoms with Crippen molar-refractivity contribution in [2.45, 2.75) is 74.9 Å². The van der Waals surface area contributed by atoms with Gasteiger partial charge in [0.1, 0.15) is 5.75 Å². The van der Waals surface area contributed by atoms with Crippen LogP contribution in [0.4, 0.5) is 9.18 Å². The number of unbranched alkanes of at least 4 members (excludes halogenated alkanes) is 4. The maximum atomic E-state index is 14.6. The zero-order chi connectivity index (χ0) is 27.5. The molecule has 0 aromatic heterocycles. The molecule has 0 spiro atoms. The summed E-state index contributed by atoms with van der Waals surface area (Å²) in [6, 6.07) is 5.62. The highest BCUT2D eigenvalue weighted by atomic mass is 32.2. The topological polar surface area (TPSA) is 166 Å². The lowest BCUT2D eigenvalue weighted by molar-refractivity contribution is -0.126. The summed E-state index contributed by atoms with van der Waals surface area (Å²) >= 11 is 1.87. The van der Waals surface area contributed by atoms with E-state index in [1.807, 2.05) is 11.8 Å². The summed E-state index contributed by atoms with van der Waals surface area (Å²) in [5.74, 6) is -0.325. The van der Waals surface area contributed by atoms with Crippen molar-refractivity contribution in [1.29, 1.82) is 0 Å². The van der Waals surface area contributed by atoms with E-state index in [0.29, 0.717) is 24.6 Å². The van der Waals surface area contributed by atoms with E-state index < -0.39 is 19.9 Å². The van der Waals surface area contributed by atoms with E-state index in [1.54, 1.807) is 0 Å². The minimum absolute atomic E-state index is 0.0297. The molecule has 0 bridgehead atoms. The molecule has 212 valence electrons. The number of carbonyl (C=O) groups excluding carboxylic acids is 3. The molecule has 0 radical (unpaired) electrons. The lowest BCUT2D eigenvalue weighted by Gasteiger charge is -2.16. The van der Waals surface area contributed by atoms with Crippen molar-refractivity contribution in [2.24, 2.45) is 0 Å². The van der Waals surface area contributed by atoms with Gasteiger partial charge in [-0.05, 0) is 31.7 Å². The Labute approximate surface area is 225 Å². The Morgan fingerprint density at radius 1 is 1.08 bits per heavy atom. The van der Waals surface area contributed by atoms with Gasteiger partial charge in [-0.15, -0.1) is 0 Å². The second-order valence-corrected chi connectivity index (χ2v) is 11.8. The number of phosphoric ester groups is 1. The standard InChI is InChI=1S/C24H36FN4O7PS/c25-21(16-9-3-4-10-18(16)36-37(33,34)35)23(31)27-14-8-2-1-7-13-26-20(30)12-6-5-11-19-22-17(15-38-19)28-24(32)29-22/h3-4,9-10,17,19,21-22H,1-2,5-8,11-15H2,(H,26,30)(H,27,31)(H2,28,29,32)(H2,33,34,35). The summed E-state index contributed by atoms with van der Waals surface area (Å²) in [5, 5.41) is 11.7. The van der Waals surface area contributed by atoms with Gasteiger partial charge in [0.25, 0.3) is 5.91 Å². The highest BCUT2D eigenvalue weighted by Gasteiger charge is 2.42. The SMILES string of the molecule is O=C(CCCCC1SCC2NC(=O)NC21)NCCCCCCNC(=O)C(F)c1ccccc1OP(=O)(O)O. The average molecular weight is 575 g/mol. The third kappa shape index (κ3) is 9.76. The molecule has 4 unspecified atom stereocenters. The van der Waals surface area contributed by atoms with Crippen LogP contribution in [-0.2, 0) is 14.2 Å². The first-order valence-electron chi connectivity index (χ1n) is 12.9. The number of thioether (sulfide) groups is 1. The fourth-order valence-corrected chi connectivity index (χ4v) is 6.50. The number of halogens is 1. The molecule has 2 fully saturated rings. The molecule has 38 heavy (non-hydrogen) atoms. The van der Waals surface area contributed by atoms with Crippen LogP contribution in [0.3, 0.4) is 0 Å². The number of benzene rings is 1. The number of hydrogen-bond donors (Lipinski definition) is 6. The van der Waals surface area contributed by atoms with E-state index in [1.165, 1.54) is 24.3 Å². The summed E-state index contributed by atoms with van der Waals surface area (Å²) in [6.45, 7) is 0.835. The van der Waals surface area contributed by atoms with Crippen LogP contribution >= 0.6 is 19.6 Å². The number of phosphoric acid groups is 1. The molecule has 0 saturated carbocycles. The molecule has 2 aliphatic heterocycles. The van der Waals surface area contributed by atoms with Crippen molar-refractivity contribution in [2.75, 3.05) is 18.8 Å². The minimum atomic E-state index is -4.89. The van der Waals surface area contributed by atoms with Crippen molar-refractivity contribution in [3.05, 3.63) is 29.8 Å². The molecule has 2 aliphatic rings. The Bertz CT molecular complexity index is 1010. The van der Waals surface area contributed by atoms with E-state index in [0.717, 1.165) is 44.3 Å². The van der Waals surface area contributed by atoms with E-state index in [-0.39, 0.29) is 41.9 Å². The van der Waals surface area contributed by atoms with Crippen molar-refractivity contribution in [1.82, 2.24) is 21.3 Å². The molecule has 2 saturated heterocycles. The number of urea groups is 1. The predicted octanol–water partition coefficient (Wildman–Crippen LogP) is 2.69. The molecule has 14 heteroatoms. The number of carbonyl (C=O) groups is 3. The number of alkyl halides is 1. The normalized spacial score (nSPS) is 21.2. The second kappa shape index (κ2) is 14.7. The fraction of sp³-hybridized carbons (Fsp3) is 0.625. The molecule has 0 aliphatic carbocycles. The largest absolute Gasteiger partial charge is 0.524 e. The molecule has 4 atom stereocenters. The van der Waals surface area contributed by atoms with Gasteiger partial charge in [0.05, 0.1) is 12.1 Å². The summed E-state index contributed by atoms with van der Waals surface area (Å²) in [4.78, 5) is 53.5. The quantitative estimate of drug-likeness (QED) is 0.0996. The smallest absolute Gasteiger partial charge is 0.404 e. The van der Waals surface area contributed by atoms with Gasteiger partial charge in [0.15, 0.2) is 0 Å². The molecule has 1 aromatic rings. The molecule has 2 heterocycles. The lowest BCUT2D eigenvalue weighted by Crippen LogP contribution is -2.36. The number of amides is 4. The molecular weight excluding hydrogens is 538 g/mol. The number of rotatable bonds is 16. The Morgan fingerprint density at radius 2 is 1.79 bits per heavy atom. The summed E-state index contributed by atoms with van der Waals surface area (Å²) in [5.41, 5.74) is -0.255. The van der Waals surface area contributed by atoms with Crippen LogP contribution in [0.5, 0.6) is 5.75 Å². The fourth-order valence-electron chi connectivity index (χ4n) is 4.54. The molecule has 1 aromatic carbocycles. The Morgan fingerprint density at radius 3 is 2.53 bits per heavy atom. The zero-order valence-electron chi connectivity index (χ0n) is 21.1. The van der Waals surface area contributed by atoms with Crippen molar-refractivity contribution in [3.63, 3.8) is 0 Å². The van der Waals surface area contributed by atoms with Crippen molar-refractivity contribution < 1.29 is 37.6 Å². The third-order valence-electron chi connectivity index (χ3n) is 6.45. The van der Waals surface area contributed by atoms with Crippen LogP contribution in [0.25, 0.3) is 0 Å². The number of hydrogen-bond acceptors (Lipinski definition) is 6. The highest BCUT2D eigenvalue weighted by molar-refractivity contribution is 8.00. The second-order valence-electron chi connectivity index (χ2n) is 9.41. The Hall–Kier alpha value is -2.34. The van der Waals surface area contributed by atoms with Gasteiger partial charge in [0.2, 0.25) is 12.1 Å². The van der Waals surface area contributed by atoms with Crippen LogP contribution in [0, 0.1) is 0 Å². The van der Waals surface area contributed by atoms with Crippen LogP contribution in [-0.4, -0.2) is 63.8 Å². The first kappa shape index (κ1) is 30.2.